The minimum Gasteiger partial charge on any atom is -0.332 e. The number of hydrogen-bond donors (Lipinski definition) is 1. The van der Waals surface area contributed by atoms with Gasteiger partial charge in [-0.05, 0) is 48.9 Å². The molecule has 5 rings (SSSR count). The third-order valence-corrected chi connectivity index (χ3v) is 6.71. The molecule has 2 aromatic heterocycles. The van der Waals surface area contributed by atoms with Crippen LogP contribution < -0.4 is 4.72 Å². The zero-order valence-electron chi connectivity index (χ0n) is 18.9. The smallest absolute Gasteiger partial charge is 0.278 e. The average molecular weight is 508 g/mol. The molecule has 8 nitrogen and oxygen atoms in total. The molecule has 1 N–H and O–H groups in total. The van der Waals surface area contributed by atoms with Gasteiger partial charge in [-0.15, -0.1) is 0 Å². The van der Waals surface area contributed by atoms with Gasteiger partial charge in [-0.3, -0.25) is 4.72 Å². The van der Waals surface area contributed by atoms with Gasteiger partial charge in [0.2, 0.25) is 5.82 Å². The summed E-state index contributed by atoms with van der Waals surface area (Å²) in [6, 6.07) is 16.8. The van der Waals surface area contributed by atoms with Crippen LogP contribution in [0, 0.1) is 18.6 Å². The van der Waals surface area contributed by atoms with Crippen LogP contribution in [-0.2, 0) is 16.6 Å². The van der Waals surface area contributed by atoms with Crippen molar-refractivity contribution in [2.45, 2.75) is 18.4 Å². The van der Waals surface area contributed by atoms with E-state index in [4.69, 9.17) is 4.52 Å². The fourth-order valence-electron chi connectivity index (χ4n) is 3.53. The highest BCUT2D eigenvalue weighted by atomic mass is 32.2. The maximum atomic E-state index is 13.4. The molecule has 0 aliphatic carbocycles. The number of imidazole rings is 1. The Kier molecular flexibility index (Phi) is 6.06. The van der Waals surface area contributed by atoms with Crippen molar-refractivity contribution in [2.75, 3.05) is 4.72 Å². The van der Waals surface area contributed by atoms with E-state index in [1.807, 2.05) is 35.8 Å². The lowest BCUT2D eigenvalue weighted by molar-refractivity contribution is 0.431. The summed E-state index contributed by atoms with van der Waals surface area (Å²) in [5.41, 5.74) is 3.62. The van der Waals surface area contributed by atoms with Crippen molar-refractivity contribution in [3.63, 3.8) is 0 Å². The van der Waals surface area contributed by atoms with Crippen LogP contribution in [-0.4, -0.2) is 28.1 Å². The van der Waals surface area contributed by atoms with E-state index in [9.17, 15) is 17.2 Å². The highest BCUT2D eigenvalue weighted by molar-refractivity contribution is 7.92. The molecule has 0 fully saturated rings. The van der Waals surface area contributed by atoms with Crippen molar-refractivity contribution >= 4 is 15.7 Å². The molecule has 5 aromatic rings. The molecule has 0 amide bonds. The standard InChI is InChI=1S/C25H19F2N5O3S/c1-16-3-2-4-18(11-16)24-29-25(35-30-24)23-14-32(15-28-23)13-17-5-7-19(8-6-17)31-36(33,34)20-9-10-21(26)22(27)12-20/h2-12,14-15,31H,13H2,1H3. The molecule has 0 bridgehead atoms. The lowest BCUT2D eigenvalue weighted by Crippen LogP contribution is -2.13. The first kappa shape index (κ1) is 23.4. The highest BCUT2D eigenvalue weighted by Gasteiger charge is 2.17. The lowest BCUT2D eigenvalue weighted by Gasteiger charge is -2.09. The van der Waals surface area contributed by atoms with Crippen molar-refractivity contribution in [1.82, 2.24) is 19.7 Å². The van der Waals surface area contributed by atoms with E-state index in [1.54, 1.807) is 36.8 Å². The average Bonchev–Trinajstić information content (AvgIpc) is 3.52. The molecular formula is C25H19F2N5O3S. The number of aryl methyl sites for hydroxylation is 1. The van der Waals surface area contributed by atoms with Crippen LogP contribution in [0.3, 0.4) is 0 Å². The molecular weight excluding hydrogens is 488 g/mol. The number of benzene rings is 3. The largest absolute Gasteiger partial charge is 0.332 e. The Morgan fingerprint density at radius 3 is 2.56 bits per heavy atom. The molecule has 11 heteroatoms. The molecule has 3 aromatic carbocycles. The van der Waals surface area contributed by atoms with Gasteiger partial charge in [-0.25, -0.2) is 22.2 Å². The second-order valence-corrected chi connectivity index (χ2v) is 9.78. The first-order valence-electron chi connectivity index (χ1n) is 10.8. The number of halogens is 2. The number of hydrogen-bond acceptors (Lipinski definition) is 6. The summed E-state index contributed by atoms with van der Waals surface area (Å²) in [6.07, 6.45) is 3.40. The highest BCUT2D eigenvalue weighted by Crippen LogP contribution is 2.23. The molecule has 182 valence electrons. The number of rotatable bonds is 7. The first-order chi connectivity index (χ1) is 17.3. The summed E-state index contributed by atoms with van der Waals surface area (Å²) in [4.78, 5) is 8.40. The number of aromatic nitrogens is 4. The van der Waals surface area contributed by atoms with E-state index < -0.39 is 21.7 Å². The third-order valence-electron chi connectivity index (χ3n) is 5.33. The Morgan fingerprint density at radius 2 is 1.81 bits per heavy atom. The second kappa shape index (κ2) is 9.34. The number of sulfonamides is 1. The predicted octanol–water partition coefficient (Wildman–Crippen LogP) is 5.04. The van der Waals surface area contributed by atoms with Gasteiger partial charge < -0.3 is 9.09 Å². The van der Waals surface area contributed by atoms with Crippen LogP contribution in [0.2, 0.25) is 0 Å². The minimum absolute atomic E-state index is 0.282. The van der Waals surface area contributed by atoms with Gasteiger partial charge in [-0.2, -0.15) is 4.98 Å². The quantitative estimate of drug-likeness (QED) is 0.331. The first-order valence-corrected chi connectivity index (χ1v) is 12.2. The van der Waals surface area contributed by atoms with E-state index in [-0.39, 0.29) is 10.6 Å². The van der Waals surface area contributed by atoms with Gasteiger partial charge in [0.15, 0.2) is 11.6 Å². The number of nitrogens with zero attached hydrogens (tertiary/aromatic N) is 4. The Balaban J connectivity index is 1.26. The van der Waals surface area contributed by atoms with Crippen molar-refractivity contribution in [2.24, 2.45) is 0 Å². The van der Waals surface area contributed by atoms with Crippen molar-refractivity contribution < 1.29 is 21.7 Å². The van der Waals surface area contributed by atoms with Crippen LogP contribution in [0.5, 0.6) is 0 Å². The lowest BCUT2D eigenvalue weighted by atomic mass is 10.1. The molecule has 0 aliphatic rings. The summed E-state index contributed by atoms with van der Waals surface area (Å²) in [5.74, 6) is -1.58. The zero-order chi connectivity index (χ0) is 25.3. The fourth-order valence-corrected chi connectivity index (χ4v) is 4.60. The second-order valence-electron chi connectivity index (χ2n) is 8.10. The van der Waals surface area contributed by atoms with Gasteiger partial charge in [0.25, 0.3) is 15.9 Å². The summed E-state index contributed by atoms with van der Waals surface area (Å²) in [6.45, 7) is 2.45. The molecule has 0 unspecified atom stereocenters. The zero-order valence-corrected chi connectivity index (χ0v) is 19.7. The Morgan fingerprint density at radius 1 is 1.00 bits per heavy atom. The van der Waals surface area contributed by atoms with Gasteiger partial charge >= 0.3 is 0 Å². The van der Waals surface area contributed by atoms with Crippen LogP contribution in [0.25, 0.3) is 23.0 Å². The van der Waals surface area contributed by atoms with Crippen molar-refractivity contribution in [3.8, 4) is 23.0 Å². The van der Waals surface area contributed by atoms with Gasteiger partial charge in [0.1, 0.15) is 5.69 Å². The Labute approximate surface area is 205 Å². The molecule has 36 heavy (non-hydrogen) atoms. The minimum atomic E-state index is -4.07. The maximum absolute atomic E-state index is 13.4. The summed E-state index contributed by atoms with van der Waals surface area (Å²) >= 11 is 0. The fraction of sp³-hybridized carbons (Fsp3) is 0.0800. The molecule has 0 aliphatic heterocycles. The van der Waals surface area contributed by atoms with E-state index in [0.717, 1.165) is 28.8 Å². The van der Waals surface area contributed by atoms with Crippen molar-refractivity contribution in [3.05, 3.63) is 102 Å². The molecule has 0 saturated carbocycles. The van der Waals surface area contributed by atoms with E-state index in [0.29, 0.717) is 30.0 Å². The SMILES string of the molecule is Cc1cccc(-c2noc(-c3cn(Cc4ccc(NS(=O)(=O)c5ccc(F)c(F)c5)cc4)cn3)n2)c1. The van der Waals surface area contributed by atoms with Crippen LogP contribution in [0.4, 0.5) is 14.5 Å². The van der Waals surface area contributed by atoms with Crippen LogP contribution >= 0.6 is 0 Å². The third kappa shape index (κ3) is 5.01. The number of anilines is 1. The van der Waals surface area contributed by atoms with Crippen molar-refractivity contribution in [1.29, 1.82) is 0 Å². The molecule has 0 atom stereocenters. The van der Waals surface area contributed by atoms with Crippen LogP contribution in [0.15, 0.2) is 88.7 Å². The maximum Gasteiger partial charge on any atom is 0.278 e. The van der Waals surface area contributed by atoms with Gasteiger partial charge in [0.05, 0.1) is 11.2 Å². The summed E-state index contributed by atoms with van der Waals surface area (Å²) in [5, 5.41) is 4.04. The van der Waals surface area contributed by atoms with E-state index in [2.05, 4.69) is 19.8 Å². The number of nitrogens with one attached hydrogen (secondary N) is 1. The Hall–Kier alpha value is -4.38. The van der Waals surface area contributed by atoms with E-state index in [1.165, 1.54) is 0 Å². The Bertz CT molecular complexity index is 1650. The predicted molar refractivity (Wildman–Crippen MR) is 128 cm³/mol. The normalized spacial score (nSPS) is 11.5. The molecule has 0 spiro atoms. The topological polar surface area (TPSA) is 103 Å². The molecule has 0 radical (unpaired) electrons. The summed E-state index contributed by atoms with van der Waals surface area (Å²) in [7, 11) is -4.07. The van der Waals surface area contributed by atoms with Gasteiger partial charge in [-0.1, -0.05) is 41.1 Å². The monoisotopic (exact) mass is 507 g/mol. The summed E-state index contributed by atoms with van der Waals surface area (Å²) < 4.78 is 61.0. The van der Waals surface area contributed by atoms with E-state index >= 15 is 0 Å². The molecule has 2 heterocycles. The molecule has 0 saturated heterocycles. The van der Waals surface area contributed by atoms with Crippen LogP contribution in [0.1, 0.15) is 11.1 Å². The van der Waals surface area contributed by atoms with Gasteiger partial charge in [0, 0.05) is 24.0 Å².